The number of carboxylic acid groups (broad SMARTS) is 1. The molecule has 0 bridgehead atoms. The van der Waals surface area contributed by atoms with Gasteiger partial charge in [-0.25, -0.2) is 4.79 Å². The lowest BCUT2D eigenvalue weighted by atomic mass is 10.1. The van der Waals surface area contributed by atoms with E-state index >= 15 is 0 Å². The maximum Gasteiger partial charge on any atom is 0.337 e. The Bertz CT molecular complexity index is 740. The summed E-state index contributed by atoms with van der Waals surface area (Å²) in [5.74, 6) is -0.623. The third-order valence-electron chi connectivity index (χ3n) is 3.11. The van der Waals surface area contributed by atoms with Gasteiger partial charge in [-0.3, -0.25) is 0 Å². The molecule has 0 fully saturated rings. The summed E-state index contributed by atoms with van der Waals surface area (Å²) in [6, 6.07) is 8.23. The van der Waals surface area contributed by atoms with E-state index in [9.17, 15) is 4.79 Å². The minimum absolute atomic E-state index is 0.0347. The smallest absolute Gasteiger partial charge is 0.337 e. The summed E-state index contributed by atoms with van der Waals surface area (Å²) in [7, 11) is 0. The molecule has 0 spiro atoms. The lowest BCUT2D eigenvalue weighted by molar-refractivity contribution is 0.0697. The van der Waals surface area contributed by atoms with E-state index in [1.807, 2.05) is 13.8 Å². The highest BCUT2D eigenvalue weighted by molar-refractivity contribution is 6.37. The summed E-state index contributed by atoms with van der Waals surface area (Å²) < 4.78 is 5.58. The van der Waals surface area contributed by atoms with E-state index in [0.29, 0.717) is 28.0 Å². The second kappa shape index (κ2) is 7.97. The average Bonchev–Trinajstić information content (AvgIpc) is 2.49. The normalized spacial score (nSPS) is 10.8. The fourth-order valence-corrected chi connectivity index (χ4v) is 2.89. The lowest BCUT2D eigenvalue weighted by Crippen LogP contribution is -2.07. The van der Waals surface area contributed by atoms with Gasteiger partial charge in [0.25, 0.3) is 0 Å². The summed E-state index contributed by atoms with van der Waals surface area (Å²) in [6.45, 7) is 4.20. The first-order valence-electron chi connectivity index (χ1n) is 7.19. The van der Waals surface area contributed by atoms with Crippen molar-refractivity contribution in [2.45, 2.75) is 26.5 Å². The Morgan fingerprint density at radius 2 is 1.75 bits per heavy atom. The summed E-state index contributed by atoms with van der Waals surface area (Å²) >= 11 is 18.3. The van der Waals surface area contributed by atoms with Gasteiger partial charge in [0.15, 0.2) is 5.75 Å². The number of aromatic carboxylic acids is 1. The van der Waals surface area contributed by atoms with Crippen LogP contribution in [0.5, 0.6) is 5.75 Å². The molecule has 0 unspecified atom stereocenters. The number of anilines is 1. The van der Waals surface area contributed by atoms with Crippen LogP contribution < -0.4 is 10.1 Å². The van der Waals surface area contributed by atoms with Crippen molar-refractivity contribution < 1.29 is 14.6 Å². The fraction of sp³-hybridized carbons (Fsp3) is 0.235. The van der Waals surface area contributed by atoms with Gasteiger partial charge in [0.1, 0.15) is 0 Å². The zero-order valence-electron chi connectivity index (χ0n) is 13.1. The maximum absolute atomic E-state index is 11.1. The van der Waals surface area contributed by atoms with Crippen molar-refractivity contribution in [2.24, 2.45) is 0 Å². The minimum atomic E-state index is -1.08. The predicted molar refractivity (Wildman–Crippen MR) is 98.0 cm³/mol. The Kier molecular flexibility index (Phi) is 6.21. The highest BCUT2D eigenvalue weighted by Gasteiger charge is 2.12. The summed E-state index contributed by atoms with van der Waals surface area (Å²) in [5, 5.41) is 13.2. The van der Waals surface area contributed by atoms with Crippen LogP contribution in [-0.4, -0.2) is 17.2 Å². The van der Waals surface area contributed by atoms with E-state index < -0.39 is 5.97 Å². The van der Waals surface area contributed by atoms with Crippen LogP contribution in [-0.2, 0) is 6.54 Å². The Labute approximate surface area is 155 Å². The van der Waals surface area contributed by atoms with E-state index in [4.69, 9.17) is 44.6 Å². The molecule has 0 amide bonds. The number of carbonyl (C=O) groups is 1. The van der Waals surface area contributed by atoms with Gasteiger partial charge in [0.2, 0.25) is 0 Å². The van der Waals surface area contributed by atoms with Crippen LogP contribution >= 0.6 is 34.8 Å². The second-order valence-corrected chi connectivity index (χ2v) is 6.63. The molecular weight excluding hydrogens is 373 g/mol. The van der Waals surface area contributed by atoms with Crippen LogP contribution in [0.15, 0.2) is 30.3 Å². The molecule has 128 valence electrons. The molecule has 0 radical (unpaired) electrons. The minimum Gasteiger partial charge on any atom is -0.488 e. The molecule has 0 saturated carbocycles. The van der Waals surface area contributed by atoms with Crippen LogP contribution in [0.3, 0.4) is 0 Å². The first-order chi connectivity index (χ1) is 11.3. The van der Waals surface area contributed by atoms with Crippen molar-refractivity contribution in [3.8, 4) is 5.75 Å². The third-order valence-corrected chi connectivity index (χ3v) is 4.00. The number of rotatable bonds is 6. The molecule has 2 aromatic carbocycles. The highest BCUT2D eigenvalue weighted by atomic mass is 35.5. The molecular formula is C17H16Cl3NO3. The maximum atomic E-state index is 11.1. The van der Waals surface area contributed by atoms with Gasteiger partial charge in [-0.15, -0.1) is 0 Å². The van der Waals surface area contributed by atoms with Crippen LogP contribution in [0.1, 0.15) is 29.8 Å². The number of halogens is 3. The van der Waals surface area contributed by atoms with Crippen molar-refractivity contribution in [1.82, 2.24) is 0 Å². The van der Waals surface area contributed by atoms with Crippen molar-refractivity contribution >= 4 is 46.5 Å². The van der Waals surface area contributed by atoms with Gasteiger partial charge in [0.05, 0.1) is 26.7 Å². The van der Waals surface area contributed by atoms with E-state index in [-0.39, 0.29) is 16.7 Å². The monoisotopic (exact) mass is 387 g/mol. The van der Waals surface area contributed by atoms with Crippen LogP contribution in [0.4, 0.5) is 5.69 Å². The zero-order valence-corrected chi connectivity index (χ0v) is 15.3. The van der Waals surface area contributed by atoms with Gasteiger partial charge < -0.3 is 15.2 Å². The Morgan fingerprint density at radius 1 is 1.12 bits per heavy atom. The summed E-state index contributed by atoms with van der Waals surface area (Å²) in [4.78, 5) is 11.1. The molecule has 0 aromatic heterocycles. The molecule has 24 heavy (non-hydrogen) atoms. The molecule has 2 N–H and O–H groups in total. The number of hydrogen-bond acceptors (Lipinski definition) is 3. The van der Waals surface area contributed by atoms with Crippen LogP contribution in [0.2, 0.25) is 15.1 Å². The Morgan fingerprint density at radius 3 is 2.29 bits per heavy atom. The van der Waals surface area contributed by atoms with Crippen molar-refractivity contribution in [3.63, 3.8) is 0 Å². The molecule has 2 rings (SSSR count). The molecule has 2 aromatic rings. The zero-order chi connectivity index (χ0) is 17.9. The Hall–Kier alpha value is -1.62. The highest BCUT2D eigenvalue weighted by Crippen LogP contribution is 2.35. The van der Waals surface area contributed by atoms with Gasteiger partial charge in [0, 0.05) is 12.2 Å². The molecule has 0 aliphatic carbocycles. The number of carboxylic acids is 1. The number of ether oxygens (including phenoxy) is 1. The SMILES string of the molecule is CC(C)Oc1c(Cl)cc(CNc2ccc(Cl)c(C(=O)O)c2)cc1Cl. The van der Waals surface area contributed by atoms with E-state index in [1.54, 1.807) is 18.2 Å². The van der Waals surface area contributed by atoms with Gasteiger partial charge in [-0.1, -0.05) is 34.8 Å². The van der Waals surface area contributed by atoms with Crippen molar-refractivity contribution in [1.29, 1.82) is 0 Å². The van der Waals surface area contributed by atoms with Crippen molar-refractivity contribution in [3.05, 3.63) is 56.5 Å². The topological polar surface area (TPSA) is 58.6 Å². The lowest BCUT2D eigenvalue weighted by Gasteiger charge is -2.15. The van der Waals surface area contributed by atoms with E-state index in [1.165, 1.54) is 12.1 Å². The summed E-state index contributed by atoms with van der Waals surface area (Å²) in [6.07, 6.45) is -0.0347. The first-order valence-corrected chi connectivity index (χ1v) is 8.32. The van der Waals surface area contributed by atoms with Gasteiger partial charge in [-0.2, -0.15) is 0 Å². The number of benzene rings is 2. The standard InChI is InChI=1S/C17H16Cl3NO3/c1-9(2)24-16-14(19)5-10(6-15(16)20)8-21-11-3-4-13(18)12(7-11)17(22)23/h3-7,9,21H,8H2,1-2H3,(H,22,23). The van der Waals surface area contributed by atoms with E-state index in [0.717, 1.165) is 5.56 Å². The average molecular weight is 389 g/mol. The molecule has 7 heteroatoms. The third kappa shape index (κ3) is 4.69. The van der Waals surface area contributed by atoms with Crippen LogP contribution in [0.25, 0.3) is 0 Å². The van der Waals surface area contributed by atoms with Gasteiger partial charge in [-0.05, 0) is 49.7 Å². The quantitative estimate of drug-likeness (QED) is 0.662. The largest absolute Gasteiger partial charge is 0.488 e. The molecule has 4 nitrogen and oxygen atoms in total. The van der Waals surface area contributed by atoms with E-state index in [2.05, 4.69) is 5.32 Å². The number of nitrogens with one attached hydrogen (secondary N) is 1. The van der Waals surface area contributed by atoms with Gasteiger partial charge >= 0.3 is 5.97 Å². The molecule has 0 heterocycles. The fourth-order valence-electron chi connectivity index (χ4n) is 2.07. The Balaban J connectivity index is 2.15. The first kappa shape index (κ1) is 18.7. The molecule has 0 aliphatic rings. The van der Waals surface area contributed by atoms with Crippen molar-refractivity contribution in [2.75, 3.05) is 5.32 Å². The molecule has 0 atom stereocenters. The molecule has 0 aliphatic heterocycles. The number of hydrogen-bond donors (Lipinski definition) is 2. The second-order valence-electron chi connectivity index (χ2n) is 5.41. The summed E-state index contributed by atoms with van der Waals surface area (Å²) in [5.41, 5.74) is 1.51. The molecule has 0 saturated heterocycles. The van der Waals surface area contributed by atoms with Crippen LogP contribution in [0, 0.1) is 0 Å². The predicted octanol–water partition coefficient (Wildman–Crippen LogP) is 5.74.